The van der Waals surface area contributed by atoms with Gasteiger partial charge >= 0.3 is 6.09 Å². The molecule has 0 N–H and O–H groups in total. The minimum absolute atomic E-state index is 0.0946. The van der Waals surface area contributed by atoms with Gasteiger partial charge in [0.15, 0.2) is 5.82 Å². The van der Waals surface area contributed by atoms with Crippen molar-refractivity contribution in [2.45, 2.75) is 19.6 Å². The molecule has 1 fully saturated rings. The molecule has 1 aliphatic rings. The molecule has 1 saturated heterocycles. The Morgan fingerprint density at radius 2 is 2.19 bits per heavy atom. The lowest BCUT2D eigenvalue weighted by Crippen LogP contribution is -2.54. The van der Waals surface area contributed by atoms with E-state index in [2.05, 4.69) is 9.97 Å². The molecule has 0 aliphatic carbocycles. The molecule has 1 amide bonds. The fourth-order valence-electron chi connectivity index (χ4n) is 3.41. The number of anilines is 1. The Kier molecular flexibility index (Phi) is 4.62. The van der Waals surface area contributed by atoms with E-state index in [1.54, 1.807) is 23.4 Å². The number of imidazole rings is 1. The average Bonchev–Trinajstić information content (AvgIpc) is 3.16. The third-order valence-corrected chi connectivity index (χ3v) is 4.81. The second-order valence-corrected chi connectivity index (χ2v) is 6.54. The van der Waals surface area contributed by atoms with Crippen LogP contribution in [-0.4, -0.2) is 51.0 Å². The van der Waals surface area contributed by atoms with Gasteiger partial charge in [0.05, 0.1) is 17.6 Å². The molecule has 4 heterocycles. The number of carbonyl (C=O) groups is 1. The summed E-state index contributed by atoms with van der Waals surface area (Å²) in [7, 11) is 0. The van der Waals surface area contributed by atoms with Gasteiger partial charge in [0.25, 0.3) is 0 Å². The highest BCUT2D eigenvalue weighted by Gasteiger charge is 2.29. The van der Waals surface area contributed by atoms with Crippen LogP contribution in [0, 0.1) is 5.82 Å². The van der Waals surface area contributed by atoms with Crippen LogP contribution in [0.25, 0.3) is 5.65 Å². The Balaban J connectivity index is 1.39. The van der Waals surface area contributed by atoms with Gasteiger partial charge in [-0.1, -0.05) is 6.07 Å². The van der Waals surface area contributed by atoms with Crippen molar-refractivity contribution in [2.24, 2.45) is 0 Å². The van der Waals surface area contributed by atoms with Crippen molar-refractivity contribution in [1.29, 1.82) is 0 Å². The van der Waals surface area contributed by atoms with Crippen molar-refractivity contribution in [3.8, 4) is 0 Å². The summed E-state index contributed by atoms with van der Waals surface area (Å²) in [5.41, 5.74) is 2.17. The summed E-state index contributed by atoms with van der Waals surface area (Å²) in [6, 6.07) is 7.24. The molecule has 140 valence electrons. The first-order valence-corrected chi connectivity index (χ1v) is 8.82. The highest BCUT2D eigenvalue weighted by molar-refractivity contribution is 5.68. The van der Waals surface area contributed by atoms with Crippen LogP contribution < -0.4 is 4.90 Å². The van der Waals surface area contributed by atoms with E-state index >= 15 is 0 Å². The number of fused-ring (bicyclic) bond motifs is 1. The van der Waals surface area contributed by atoms with Gasteiger partial charge in [-0.3, -0.25) is 4.98 Å². The number of nitrogens with zero attached hydrogens (tertiary/aromatic N) is 5. The van der Waals surface area contributed by atoms with Gasteiger partial charge in [0.2, 0.25) is 0 Å². The monoisotopic (exact) mass is 369 g/mol. The van der Waals surface area contributed by atoms with Crippen molar-refractivity contribution in [3.63, 3.8) is 0 Å². The van der Waals surface area contributed by atoms with Crippen molar-refractivity contribution < 1.29 is 13.9 Å². The van der Waals surface area contributed by atoms with E-state index in [0.29, 0.717) is 25.3 Å². The summed E-state index contributed by atoms with van der Waals surface area (Å²) in [5.74, 6) is -0.353. The zero-order valence-corrected chi connectivity index (χ0v) is 15.0. The molecule has 1 aliphatic heterocycles. The molecule has 4 rings (SSSR count). The Morgan fingerprint density at radius 1 is 1.30 bits per heavy atom. The number of hydrogen-bond donors (Lipinski definition) is 0. The average molecular weight is 369 g/mol. The SMILES string of the molecule is C[C@@H]1CN(c2ccncc2F)CCN1C(=O)OCc1cccc2nccn12. The summed E-state index contributed by atoms with van der Waals surface area (Å²) >= 11 is 0. The van der Waals surface area contributed by atoms with E-state index in [0.717, 1.165) is 11.3 Å². The van der Waals surface area contributed by atoms with E-state index in [9.17, 15) is 9.18 Å². The van der Waals surface area contributed by atoms with Crippen LogP contribution in [0.1, 0.15) is 12.6 Å². The number of aromatic nitrogens is 3. The Morgan fingerprint density at radius 3 is 3.00 bits per heavy atom. The molecule has 0 radical (unpaired) electrons. The summed E-state index contributed by atoms with van der Waals surface area (Å²) in [4.78, 5) is 24.2. The Bertz CT molecular complexity index is 960. The molecule has 7 nitrogen and oxygen atoms in total. The van der Waals surface area contributed by atoms with E-state index in [4.69, 9.17) is 4.74 Å². The quantitative estimate of drug-likeness (QED) is 0.710. The first-order chi connectivity index (χ1) is 13.1. The van der Waals surface area contributed by atoms with Gasteiger partial charge in [0.1, 0.15) is 12.3 Å². The van der Waals surface area contributed by atoms with E-state index in [1.807, 2.05) is 40.6 Å². The maximum Gasteiger partial charge on any atom is 0.410 e. The minimum Gasteiger partial charge on any atom is -0.443 e. The van der Waals surface area contributed by atoms with Crippen molar-refractivity contribution in [2.75, 3.05) is 24.5 Å². The second-order valence-electron chi connectivity index (χ2n) is 6.54. The maximum atomic E-state index is 13.9. The lowest BCUT2D eigenvalue weighted by atomic mass is 10.2. The highest BCUT2D eigenvalue weighted by atomic mass is 19.1. The number of ether oxygens (including phenoxy) is 1. The van der Waals surface area contributed by atoms with Crippen LogP contribution in [-0.2, 0) is 11.3 Å². The zero-order valence-electron chi connectivity index (χ0n) is 15.0. The number of hydrogen-bond acceptors (Lipinski definition) is 5. The number of carbonyl (C=O) groups excluding carboxylic acids is 1. The molecule has 1 atom stereocenters. The molecular weight excluding hydrogens is 349 g/mol. The summed E-state index contributed by atoms with van der Waals surface area (Å²) in [6.45, 7) is 3.64. The molecule has 0 spiro atoms. The van der Waals surface area contributed by atoms with Crippen LogP contribution in [0.4, 0.5) is 14.9 Å². The van der Waals surface area contributed by atoms with Gasteiger partial charge in [-0.15, -0.1) is 0 Å². The number of rotatable bonds is 3. The number of halogens is 1. The molecule has 0 saturated carbocycles. The number of amides is 1. The lowest BCUT2D eigenvalue weighted by molar-refractivity contribution is 0.0783. The first-order valence-electron chi connectivity index (χ1n) is 8.82. The molecule has 0 aromatic carbocycles. The van der Waals surface area contributed by atoms with Crippen molar-refractivity contribution in [3.05, 3.63) is 60.6 Å². The topological polar surface area (TPSA) is 63.0 Å². The minimum atomic E-state index is -0.366. The molecule has 27 heavy (non-hydrogen) atoms. The predicted molar refractivity (Wildman–Crippen MR) is 98.0 cm³/mol. The Hall–Kier alpha value is -3.16. The molecular formula is C19H20FN5O2. The fourth-order valence-corrected chi connectivity index (χ4v) is 3.41. The van der Waals surface area contributed by atoms with Crippen molar-refractivity contribution in [1.82, 2.24) is 19.3 Å². The van der Waals surface area contributed by atoms with Gasteiger partial charge in [0, 0.05) is 44.3 Å². The first kappa shape index (κ1) is 17.3. The molecule has 0 unspecified atom stereocenters. The number of piperazine rings is 1. The van der Waals surface area contributed by atoms with Crippen LogP contribution in [0.3, 0.4) is 0 Å². The smallest absolute Gasteiger partial charge is 0.410 e. The van der Waals surface area contributed by atoms with E-state index < -0.39 is 0 Å². The standard InChI is InChI=1S/C19H20FN5O2/c1-14-12-23(17-5-6-21-11-16(17)20)9-10-24(14)19(26)27-13-15-3-2-4-18-22-7-8-25(15)18/h2-8,11,14H,9-10,12-13H2,1H3/t14-/m1/s1. The molecule has 3 aromatic rings. The van der Waals surface area contributed by atoms with Gasteiger partial charge < -0.3 is 18.9 Å². The van der Waals surface area contributed by atoms with Crippen molar-refractivity contribution >= 4 is 17.4 Å². The maximum absolute atomic E-state index is 13.9. The van der Waals surface area contributed by atoms with Crippen LogP contribution >= 0.6 is 0 Å². The van der Waals surface area contributed by atoms with Gasteiger partial charge in [-0.25, -0.2) is 14.2 Å². The van der Waals surface area contributed by atoms with Gasteiger partial charge in [-0.2, -0.15) is 0 Å². The van der Waals surface area contributed by atoms with Gasteiger partial charge in [-0.05, 0) is 25.1 Å². The van der Waals surface area contributed by atoms with E-state index in [-0.39, 0.29) is 24.6 Å². The fraction of sp³-hybridized carbons (Fsp3) is 0.316. The summed E-state index contributed by atoms with van der Waals surface area (Å²) < 4.78 is 21.4. The summed E-state index contributed by atoms with van der Waals surface area (Å²) in [5, 5.41) is 0. The number of pyridine rings is 2. The third-order valence-electron chi connectivity index (χ3n) is 4.81. The van der Waals surface area contributed by atoms with E-state index in [1.165, 1.54) is 6.20 Å². The normalized spacial score (nSPS) is 17.3. The van der Waals surface area contributed by atoms with Crippen LogP contribution in [0.5, 0.6) is 0 Å². The molecule has 0 bridgehead atoms. The molecule has 8 heteroatoms. The van der Waals surface area contributed by atoms with Crippen LogP contribution in [0.15, 0.2) is 49.1 Å². The lowest BCUT2D eigenvalue weighted by Gasteiger charge is -2.40. The Labute approximate surface area is 156 Å². The second kappa shape index (κ2) is 7.22. The summed E-state index contributed by atoms with van der Waals surface area (Å²) in [6.07, 6.45) is 5.95. The highest BCUT2D eigenvalue weighted by Crippen LogP contribution is 2.22. The zero-order chi connectivity index (χ0) is 18.8. The third kappa shape index (κ3) is 3.42. The van der Waals surface area contributed by atoms with Crippen LogP contribution in [0.2, 0.25) is 0 Å². The largest absolute Gasteiger partial charge is 0.443 e. The molecule has 3 aromatic heterocycles. The predicted octanol–water partition coefficient (Wildman–Crippen LogP) is 2.72.